The number of hydrogen-bond acceptors (Lipinski definition) is 3. The largest absolute Gasteiger partial charge is 1.00 e. The van der Waals surface area contributed by atoms with Crippen molar-refractivity contribution < 1.29 is 38.3 Å². The van der Waals surface area contributed by atoms with E-state index in [9.17, 15) is 8.76 Å². The molecule has 0 fully saturated rings. The van der Waals surface area contributed by atoms with E-state index in [0.717, 1.165) is 0 Å². The minimum Gasteiger partial charge on any atom is -0.768 e. The van der Waals surface area contributed by atoms with Crippen LogP contribution < -0.4 is 29.6 Å². The van der Waals surface area contributed by atoms with Crippen molar-refractivity contribution >= 4 is 11.1 Å². The predicted octanol–water partition coefficient (Wildman–Crippen LogP) is -3.34. The van der Waals surface area contributed by atoms with Gasteiger partial charge in [0, 0.05) is 13.2 Å². The van der Waals surface area contributed by atoms with E-state index in [0.29, 0.717) is 0 Å². The van der Waals surface area contributed by atoms with Crippen molar-refractivity contribution in [1.82, 2.24) is 9.78 Å². The van der Waals surface area contributed by atoms with E-state index in [1.54, 1.807) is 7.05 Å². The van der Waals surface area contributed by atoms with Crippen LogP contribution in [0.5, 0.6) is 0 Å². The average Bonchev–Trinajstić information content (AvgIpc) is 2.14. The van der Waals surface area contributed by atoms with Crippen molar-refractivity contribution in [2.24, 2.45) is 7.05 Å². The fourth-order valence-corrected chi connectivity index (χ4v) is 0.857. The zero-order chi connectivity index (χ0) is 6.85. The van der Waals surface area contributed by atoms with Crippen LogP contribution >= 0.6 is 0 Å². The molecule has 1 heterocycles. The molecule has 0 N–H and O–H groups in total. The van der Waals surface area contributed by atoms with Crippen molar-refractivity contribution in [2.75, 3.05) is 0 Å². The molecule has 1 aromatic rings. The Morgan fingerprint density at radius 1 is 1.80 bits per heavy atom. The summed E-state index contributed by atoms with van der Waals surface area (Å²) in [6, 6.07) is 0. The summed E-state index contributed by atoms with van der Waals surface area (Å²) in [6.45, 7) is 0. The summed E-state index contributed by atoms with van der Waals surface area (Å²) in [5.41, 5.74) is 0. The quantitative estimate of drug-likeness (QED) is 0.325. The average molecular weight is 168 g/mol. The van der Waals surface area contributed by atoms with E-state index in [4.69, 9.17) is 0 Å². The van der Waals surface area contributed by atoms with Crippen LogP contribution in [0, 0.1) is 0 Å². The zero-order valence-electron chi connectivity index (χ0n) is 5.77. The number of hydrogen-bond donors (Lipinski definition) is 0. The summed E-state index contributed by atoms with van der Waals surface area (Å²) in [5, 5.41) is 3.66. The van der Waals surface area contributed by atoms with E-state index >= 15 is 0 Å². The maximum Gasteiger partial charge on any atom is 1.00 e. The van der Waals surface area contributed by atoms with Crippen LogP contribution in [0.4, 0.5) is 0 Å². The second kappa shape index (κ2) is 4.25. The third kappa shape index (κ3) is 2.51. The molecular formula is C4H5N2NaO2S. The van der Waals surface area contributed by atoms with E-state index in [1.165, 1.54) is 17.1 Å². The fourth-order valence-electron chi connectivity index (χ4n) is 0.485. The molecule has 10 heavy (non-hydrogen) atoms. The Morgan fingerprint density at radius 3 is 2.60 bits per heavy atom. The van der Waals surface area contributed by atoms with Crippen molar-refractivity contribution in [2.45, 2.75) is 4.90 Å². The van der Waals surface area contributed by atoms with Gasteiger partial charge in [-0.25, -0.2) is 0 Å². The van der Waals surface area contributed by atoms with Gasteiger partial charge in [0.15, 0.2) is 0 Å². The predicted molar refractivity (Wildman–Crippen MR) is 30.4 cm³/mol. The SMILES string of the molecule is Cn1cc(S(=O)[O-])cn1.[Na+]. The first-order chi connectivity index (χ1) is 4.20. The molecule has 0 aliphatic carbocycles. The van der Waals surface area contributed by atoms with Crippen LogP contribution in [0.15, 0.2) is 17.3 Å². The minimum absolute atomic E-state index is 0. The van der Waals surface area contributed by atoms with Crippen molar-refractivity contribution in [3.8, 4) is 0 Å². The molecule has 0 spiro atoms. The summed E-state index contributed by atoms with van der Waals surface area (Å²) < 4.78 is 21.8. The molecule has 1 atom stereocenters. The molecule has 0 bridgehead atoms. The topological polar surface area (TPSA) is 58.0 Å². The van der Waals surface area contributed by atoms with Gasteiger partial charge in [0.05, 0.1) is 11.1 Å². The Labute approximate surface area is 83.2 Å². The van der Waals surface area contributed by atoms with Crippen LogP contribution in [0.25, 0.3) is 0 Å². The first-order valence-electron chi connectivity index (χ1n) is 2.28. The Hall–Kier alpha value is 0.320. The third-order valence-corrected chi connectivity index (χ3v) is 1.47. The van der Waals surface area contributed by atoms with Gasteiger partial charge in [0.2, 0.25) is 0 Å². The fraction of sp³-hybridized carbons (Fsp3) is 0.250. The van der Waals surface area contributed by atoms with Crippen molar-refractivity contribution in [3.05, 3.63) is 12.4 Å². The van der Waals surface area contributed by atoms with E-state index in [-0.39, 0.29) is 34.5 Å². The van der Waals surface area contributed by atoms with Crippen molar-refractivity contribution in [3.63, 3.8) is 0 Å². The van der Waals surface area contributed by atoms with Crippen LogP contribution in [0.3, 0.4) is 0 Å². The summed E-state index contributed by atoms with van der Waals surface area (Å²) >= 11 is -2.14. The molecular weight excluding hydrogens is 163 g/mol. The van der Waals surface area contributed by atoms with E-state index in [2.05, 4.69) is 5.10 Å². The Kier molecular flexibility index (Phi) is 4.39. The summed E-state index contributed by atoms with van der Waals surface area (Å²) in [6.07, 6.45) is 2.73. The smallest absolute Gasteiger partial charge is 0.768 e. The maximum absolute atomic E-state index is 10.2. The molecule has 6 heteroatoms. The standard InChI is InChI=1S/C4H6N2O2S.Na/c1-6-3-4(2-5-6)9(7)8;/h2-3H,1H3,(H,7,8);/q;+1/p-1. The van der Waals surface area contributed by atoms with Gasteiger partial charge in [0.25, 0.3) is 0 Å². The van der Waals surface area contributed by atoms with Gasteiger partial charge in [0.1, 0.15) is 0 Å². The second-order valence-electron chi connectivity index (χ2n) is 1.58. The molecule has 0 amide bonds. The molecule has 1 rings (SSSR count). The van der Waals surface area contributed by atoms with Gasteiger partial charge >= 0.3 is 29.6 Å². The molecule has 1 unspecified atom stereocenters. The van der Waals surface area contributed by atoms with Crippen molar-refractivity contribution in [1.29, 1.82) is 0 Å². The third-order valence-electron chi connectivity index (χ3n) is 0.874. The molecule has 0 saturated heterocycles. The zero-order valence-corrected chi connectivity index (χ0v) is 8.59. The maximum atomic E-state index is 10.2. The number of aromatic nitrogens is 2. The summed E-state index contributed by atoms with van der Waals surface area (Å²) in [7, 11) is 1.66. The second-order valence-corrected chi connectivity index (χ2v) is 2.53. The first-order valence-corrected chi connectivity index (χ1v) is 3.35. The Morgan fingerprint density at radius 2 is 2.40 bits per heavy atom. The van der Waals surface area contributed by atoms with Gasteiger partial charge in [-0.2, -0.15) is 5.10 Å². The minimum atomic E-state index is -2.14. The van der Waals surface area contributed by atoms with Gasteiger partial charge in [-0.3, -0.25) is 8.89 Å². The summed E-state index contributed by atoms with van der Waals surface area (Å²) in [4.78, 5) is 0.220. The summed E-state index contributed by atoms with van der Waals surface area (Å²) in [5.74, 6) is 0. The van der Waals surface area contributed by atoms with Gasteiger partial charge in [-0.1, -0.05) is 0 Å². The molecule has 0 aromatic carbocycles. The van der Waals surface area contributed by atoms with E-state index in [1.807, 2.05) is 0 Å². The van der Waals surface area contributed by atoms with Gasteiger partial charge in [-0.15, -0.1) is 0 Å². The van der Waals surface area contributed by atoms with Gasteiger partial charge in [-0.05, 0) is 11.1 Å². The molecule has 50 valence electrons. The van der Waals surface area contributed by atoms with Crippen LogP contribution in [0.1, 0.15) is 0 Å². The molecule has 4 nitrogen and oxygen atoms in total. The molecule has 0 aliphatic rings. The molecule has 0 aliphatic heterocycles. The van der Waals surface area contributed by atoms with Crippen LogP contribution in [-0.2, 0) is 18.1 Å². The Bertz CT molecular complexity index is 237. The normalized spacial score (nSPS) is 12.2. The number of nitrogens with zero attached hydrogens (tertiary/aromatic N) is 2. The molecule has 1 aromatic heterocycles. The van der Waals surface area contributed by atoms with Gasteiger partial charge < -0.3 is 4.55 Å². The molecule has 0 saturated carbocycles. The van der Waals surface area contributed by atoms with E-state index < -0.39 is 11.1 Å². The monoisotopic (exact) mass is 168 g/mol. The van der Waals surface area contributed by atoms with Crippen LogP contribution in [-0.4, -0.2) is 18.5 Å². The number of aryl methyl sites for hydroxylation is 1. The Balaban J connectivity index is 0.000000810. The van der Waals surface area contributed by atoms with Crippen LogP contribution in [0.2, 0.25) is 0 Å². The molecule has 0 radical (unpaired) electrons. The first kappa shape index (κ1) is 10.3. The number of rotatable bonds is 1.